The number of hydrazine groups is 1. The zero-order valence-electron chi connectivity index (χ0n) is 25.7. The van der Waals surface area contributed by atoms with E-state index in [0.717, 1.165) is 11.1 Å². The molecule has 1 unspecified atom stereocenters. The zero-order valence-corrected chi connectivity index (χ0v) is 25.7. The van der Waals surface area contributed by atoms with Crippen LogP contribution < -0.4 is 5.32 Å². The number of halogens is 2. The molecule has 4 heterocycles. The molecule has 46 heavy (non-hydrogen) atoms. The Balaban J connectivity index is 0.966. The van der Waals surface area contributed by atoms with E-state index in [1.807, 2.05) is 47.4 Å². The molecule has 3 saturated heterocycles. The van der Waals surface area contributed by atoms with Crippen molar-refractivity contribution in [2.75, 3.05) is 45.8 Å². The summed E-state index contributed by atoms with van der Waals surface area (Å²) in [4.78, 5) is 43.0. The summed E-state index contributed by atoms with van der Waals surface area (Å²) in [5.74, 6) is -3.53. The van der Waals surface area contributed by atoms with Crippen molar-refractivity contribution in [3.63, 3.8) is 0 Å². The Morgan fingerprint density at radius 1 is 0.804 bits per heavy atom. The number of piperazine rings is 1. The fourth-order valence-corrected chi connectivity index (χ4v) is 7.47. The molecular formula is C35H38F2N6O3. The van der Waals surface area contributed by atoms with Crippen LogP contribution in [0.2, 0.25) is 0 Å². The lowest BCUT2D eigenvalue weighted by Gasteiger charge is -2.47. The van der Waals surface area contributed by atoms with E-state index >= 15 is 8.78 Å². The van der Waals surface area contributed by atoms with Gasteiger partial charge in [-0.15, -0.1) is 0 Å². The number of alkyl halides is 2. The maximum Gasteiger partial charge on any atom is 0.342 e. The minimum absolute atomic E-state index is 0.0859. The second-order valence-electron chi connectivity index (χ2n) is 12.7. The Morgan fingerprint density at radius 2 is 1.48 bits per heavy atom. The van der Waals surface area contributed by atoms with Crippen molar-refractivity contribution >= 4 is 17.8 Å². The molecule has 1 N–H and O–H groups in total. The number of nitrogens with zero attached hydrogens (tertiary/aromatic N) is 5. The first-order valence-corrected chi connectivity index (χ1v) is 16.0. The van der Waals surface area contributed by atoms with Gasteiger partial charge in [0.2, 0.25) is 5.91 Å². The summed E-state index contributed by atoms with van der Waals surface area (Å²) >= 11 is 0. The Bertz CT molecular complexity index is 1560. The molecule has 4 aliphatic rings. The number of rotatable bonds is 7. The topological polar surface area (TPSA) is 79.4 Å². The summed E-state index contributed by atoms with van der Waals surface area (Å²) in [7, 11) is 0. The number of piperidine rings is 1. The molecule has 0 saturated carbocycles. The summed E-state index contributed by atoms with van der Waals surface area (Å²) in [5.41, 5.74) is 4.49. The molecule has 240 valence electrons. The predicted octanol–water partition coefficient (Wildman–Crippen LogP) is 4.12. The fraction of sp³-hybridized carbons (Fsp3) is 0.400. The molecule has 0 radical (unpaired) electrons. The maximum absolute atomic E-state index is 15.8. The summed E-state index contributed by atoms with van der Waals surface area (Å²) in [6.45, 7) is 3.53. The number of imide groups is 1. The van der Waals surface area contributed by atoms with Crippen LogP contribution in [0.15, 0.2) is 78.9 Å². The molecule has 11 heteroatoms. The van der Waals surface area contributed by atoms with Crippen LogP contribution in [0.4, 0.5) is 13.6 Å². The van der Waals surface area contributed by atoms with Crippen LogP contribution in [-0.2, 0) is 17.9 Å². The first-order valence-electron chi connectivity index (χ1n) is 16.0. The van der Waals surface area contributed by atoms with Gasteiger partial charge in [0, 0.05) is 51.3 Å². The number of hydrogen-bond acceptors (Lipinski definition) is 6. The van der Waals surface area contributed by atoms with E-state index < -0.39 is 18.0 Å². The highest BCUT2D eigenvalue weighted by atomic mass is 19.3. The van der Waals surface area contributed by atoms with Crippen LogP contribution in [0.25, 0.3) is 0 Å². The average molecular weight is 629 g/mol. The van der Waals surface area contributed by atoms with Gasteiger partial charge in [-0.25, -0.2) is 23.6 Å². The molecule has 3 fully saturated rings. The summed E-state index contributed by atoms with van der Waals surface area (Å²) in [6.07, 6.45) is 0.507. The molecule has 1 atom stereocenters. The molecule has 0 aliphatic carbocycles. The van der Waals surface area contributed by atoms with E-state index in [9.17, 15) is 14.4 Å². The summed E-state index contributed by atoms with van der Waals surface area (Å²) in [5, 5.41) is 4.85. The van der Waals surface area contributed by atoms with Gasteiger partial charge in [-0.2, -0.15) is 0 Å². The number of benzene rings is 3. The molecule has 0 aromatic heterocycles. The highest BCUT2D eigenvalue weighted by molar-refractivity contribution is 6.01. The van der Waals surface area contributed by atoms with E-state index in [2.05, 4.69) is 34.5 Å². The third kappa shape index (κ3) is 6.02. The van der Waals surface area contributed by atoms with E-state index in [0.29, 0.717) is 51.3 Å². The SMILES string of the molecule is O=C1CCN(N2Cc3cc(CN4CCC(N5CCN(C(c6ccccc6)c6ccccc6)CC5)C(F)(F)C4)ccc3C2=O)C(=O)N1. The lowest BCUT2D eigenvalue weighted by Crippen LogP contribution is -2.61. The quantitative estimate of drug-likeness (QED) is 0.425. The third-order valence-electron chi connectivity index (χ3n) is 9.71. The Hall–Kier alpha value is -4.19. The van der Waals surface area contributed by atoms with Crippen molar-refractivity contribution < 1.29 is 23.2 Å². The van der Waals surface area contributed by atoms with Crippen LogP contribution in [0.5, 0.6) is 0 Å². The lowest BCUT2D eigenvalue weighted by molar-refractivity contribution is -0.135. The zero-order chi connectivity index (χ0) is 31.8. The van der Waals surface area contributed by atoms with Crippen molar-refractivity contribution in [3.05, 3.63) is 107 Å². The monoisotopic (exact) mass is 628 g/mol. The fourth-order valence-electron chi connectivity index (χ4n) is 7.47. The predicted molar refractivity (Wildman–Crippen MR) is 168 cm³/mol. The Labute approximate surface area is 267 Å². The normalized spacial score (nSPS) is 22.8. The molecule has 4 amide bonds. The van der Waals surface area contributed by atoms with E-state index in [1.165, 1.54) is 21.1 Å². The standard InChI is InChI=1S/C35H38F2N6O3/c36-35(37)24-39(22-25-11-12-29-28(21-25)23-43(33(29)45)42-16-14-31(44)38-34(42)46)15-13-30(35)40-17-19-41(20-18-40)32(26-7-3-1-4-8-26)27-9-5-2-6-10-27/h1-12,21,30,32H,13-20,22-24H2,(H,38,44,46). The second-order valence-corrected chi connectivity index (χ2v) is 12.7. The first-order chi connectivity index (χ1) is 22.3. The van der Waals surface area contributed by atoms with E-state index in [1.54, 1.807) is 17.0 Å². The number of carbonyl (C=O) groups excluding carboxylic acids is 3. The van der Waals surface area contributed by atoms with Gasteiger partial charge in [-0.1, -0.05) is 72.8 Å². The van der Waals surface area contributed by atoms with Crippen LogP contribution in [0.3, 0.4) is 0 Å². The number of likely N-dealkylation sites (tertiary alicyclic amines) is 1. The van der Waals surface area contributed by atoms with Gasteiger partial charge in [0.15, 0.2) is 0 Å². The van der Waals surface area contributed by atoms with Crippen molar-refractivity contribution in [1.29, 1.82) is 0 Å². The number of amides is 4. The van der Waals surface area contributed by atoms with Gasteiger partial charge in [0.25, 0.3) is 11.8 Å². The molecule has 9 nitrogen and oxygen atoms in total. The maximum atomic E-state index is 15.8. The van der Waals surface area contributed by atoms with Crippen LogP contribution in [0, 0.1) is 0 Å². The Kier molecular flexibility index (Phi) is 8.31. The number of carbonyl (C=O) groups is 3. The summed E-state index contributed by atoms with van der Waals surface area (Å²) < 4.78 is 31.5. The third-order valence-corrected chi connectivity index (χ3v) is 9.71. The second kappa shape index (κ2) is 12.5. The van der Waals surface area contributed by atoms with Gasteiger partial charge >= 0.3 is 6.03 Å². The molecule has 3 aromatic carbocycles. The lowest BCUT2D eigenvalue weighted by atomic mass is 9.95. The van der Waals surface area contributed by atoms with Crippen molar-refractivity contribution in [1.82, 2.24) is 30.0 Å². The smallest absolute Gasteiger partial charge is 0.293 e. The van der Waals surface area contributed by atoms with E-state index in [4.69, 9.17) is 0 Å². The van der Waals surface area contributed by atoms with E-state index in [-0.39, 0.29) is 43.9 Å². The first kappa shape index (κ1) is 30.5. The largest absolute Gasteiger partial charge is 0.342 e. The minimum atomic E-state index is -2.86. The number of hydrogen-bond donors (Lipinski definition) is 1. The molecule has 0 bridgehead atoms. The van der Waals surface area contributed by atoms with Gasteiger partial charge in [0.05, 0.1) is 31.7 Å². The highest BCUT2D eigenvalue weighted by Gasteiger charge is 2.48. The minimum Gasteiger partial charge on any atom is -0.293 e. The van der Waals surface area contributed by atoms with Gasteiger partial charge < -0.3 is 0 Å². The number of nitrogens with one attached hydrogen (secondary N) is 1. The summed E-state index contributed by atoms with van der Waals surface area (Å²) in [6, 6.07) is 24.8. The Morgan fingerprint density at radius 3 is 2.11 bits per heavy atom. The number of urea groups is 1. The van der Waals surface area contributed by atoms with Gasteiger partial charge in [-0.05, 0) is 34.7 Å². The van der Waals surface area contributed by atoms with Crippen LogP contribution >= 0.6 is 0 Å². The van der Waals surface area contributed by atoms with Gasteiger partial charge in [0.1, 0.15) is 0 Å². The molecule has 4 aliphatic heterocycles. The van der Waals surface area contributed by atoms with Crippen molar-refractivity contribution in [3.8, 4) is 0 Å². The molecular weight excluding hydrogens is 590 g/mol. The van der Waals surface area contributed by atoms with Gasteiger partial charge in [-0.3, -0.25) is 29.6 Å². The highest BCUT2D eigenvalue weighted by Crippen LogP contribution is 2.35. The van der Waals surface area contributed by atoms with Crippen LogP contribution in [0.1, 0.15) is 51.5 Å². The van der Waals surface area contributed by atoms with Crippen molar-refractivity contribution in [2.45, 2.75) is 43.9 Å². The molecule has 3 aromatic rings. The molecule has 0 spiro atoms. The van der Waals surface area contributed by atoms with Crippen LogP contribution in [-0.4, -0.2) is 100 Å². The number of fused-ring (bicyclic) bond motifs is 1. The average Bonchev–Trinajstić information content (AvgIpc) is 3.37. The van der Waals surface area contributed by atoms with Crippen molar-refractivity contribution in [2.24, 2.45) is 0 Å². The molecule has 7 rings (SSSR count).